The van der Waals surface area contributed by atoms with Gasteiger partial charge in [-0.25, -0.2) is 0 Å². The molecule has 0 amide bonds. The topological polar surface area (TPSA) is 15.6 Å². The molecule has 3 heteroatoms. The van der Waals surface area contributed by atoms with E-state index in [1.54, 1.807) is 6.08 Å². The molecule has 1 aliphatic heterocycles. The fourth-order valence-electron chi connectivity index (χ4n) is 1.05. The Kier molecular flexibility index (Phi) is 2.76. The zero-order valence-corrected chi connectivity index (χ0v) is 7.46. The van der Waals surface area contributed by atoms with E-state index in [2.05, 4.69) is 24.3 Å². The van der Waals surface area contributed by atoms with Crippen LogP contribution in [0.4, 0.5) is 0 Å². The Labute approximate surface area is 72.7 Å². The highest BCUT2D eigenvalue weighted by Crippen LogP contribution is 2.19. The van der Waals surface area contributed by atoms with E-state index in [1.165, 1.54) is 0 Å². The fourth-order valence-corrected chi connectivity index (χ4v) is 1.43. The Morgan fingerprint density at radius 2 is 2.64 bits per heavy atom. The highest BCUT2D eigenvalue weighted by Gasteiger charge is 2.18. The third kappa shape index (κ3) is 1.87. The summed E-state index contributed by atoms with van der Waals surface area (Å²) in [6.45, 7) is 3.61. The lowest BCUT2D eigenvalue weighted by Gasteiger charge is -2.18. The summed E-state index contributed by atoms with van der Waals surface area (Å²) in [5.41, 5.74) is 0. The van der Waals surface area contributed by atoms with Gasteiger partial charge in [0.15, 0.2) is 0 Å². The second-order valence-corrected chi connectivity index (χ2v) is 2.97. The monoisotopic (exact) mass is 168 g/mol. The van der Waals surface area contributed by atoms with Crippen LogP contribution in [0.5, 0.6) is 0 Å². The smallest absolute Gasteiger partial charge is 0.0822 e. The van der Waals surface area contributed by atoms with Crippen molar-refractivity contribution >= 4 is 18.8 Å². The maximum absolute atomic E-state index is 4.33. The van der Waals surface area contributed by atoms with Gasteiger partial charge >= 0.3 is 0 Å². The van der Waals surface area contributed by atoms with Gasteiger partial charge in [0.2, 0.25) is 0 Å². The maximum Gasteiger partial charge on any atom is 0.0822 e. The molecule has 1 rings (SSSR count). The molecule has 0 aromatic carbocycles. The minimum absolute atomic E-state index is 0.316. The van der Waals surface area contributed by atoms with Crippen LogP contribution in [0.2, 0.25) is 0 Å². The van der Waals surface area contributed by atoms with E-state index in [1.807, 2.05) is 24.3 Å². The average molecular weight is 168 g/mol. The van der Waals surface area contributed by atoms with Crippen molar-refractivity contribution in [3.05, 3.63) is 23.6 Å². The van der Waals surface area contributed by atoms with Crippen molar-refractivity contribution < 1.29 is 0 Å². The minimum Gasteiger partial charge on any atom is -0.292 e. The third-order valence-electron chi connectivity index (χ3n) is 1.67. The summed E-state index contributed by atoms with van der Waals surface area (Å²) < 4.78 is 0. The molecule has 0 N–H and O–H groups in total. The Morgan fingerprint density at radius 3 is 3.09 bits per heavy atom. The molecule has 0 radical (unpaired) electrons. The molecule has 1 aliphatic rings. The van der Waals surface area contributed by atoms with E-state index in [0.29, 0.717) is 6.04 Å². The van der Waals surface area contributed by atoms with Crippen LogP contribution in [0.15, 0.2) is 28.7 Å². The number of hydrogen-bond acceptors (Lipinski definition) is 3. The van der Waals surface area contributed by atoms with E-state index in [4.69, 9.17) is 0 Å². The summed E-state index contributed by atoms with van der Waals surface area (Å²) in [7, 11) is 1.95. The van der Waals surface area contributed by atoms with E-state index < -0.39 is 0 Å². The molecule has 0 spiro atoms. The van der Waals surface area contributed by atoms with Gasteiger partial charge in [0.05, 0.1) is 6.04 Å². The minimum atomic E-state index is 0.316. The van der Waals surface area contributed by atoms with Crippen LogP contribution in [0.25, 0.3) is 0 Å². The predicted octanol–water partition coefficient (Wildman–Crippen LogP) is 1.68. The van der Waals surface area contributed by atoms with Crippen molar-refractivity contribution in [3.63, 3.8) is 0 Å². The number of hydrazone groups is 1. The molecular weight excluding hydrogens is 156 g/mol. The molecule has 0 aliphatic carbocycles. The molecule has 1 atom stereocenters. The van der Waals surface area contributed by atoms with Crippen molar-refractivity contribution in [2.24, 2.45) is 5.10 Å². The van der Waals surface area contributed by atoms with Crippen LogP contribution in [0.3, 0.4) is 0 Å². The van der Waals surface area contributed by atoms with E-state index in [9.17, 15) is 0 Å². The Bertz CT molecular complexity index is 208. The van der Waals surface area contributed by atoms with Crippen LogP contribution >= 0.6 is 12.6 Å². The predicted molar refractivity (Wildman–Crippen MR) is 51.9 cm³/mol. The van der Waals surface area contributed by atoms with Crippen LogP contribution in [-0.4, -0.2) is 24.3 Å². The molecule has 11 heavy (non-hydrogen) atoms. The van der Waals surface area contributed by atoms with Gasteiger partial charge in [0.25, 0.3) is 0 Å². The first-order chi connectivity index (χ1) is 5.25. The van der Waals surface area contributed by atoms with Crippen molar-refractivity contribution in [2.75, 3.05) is 7.05 Å². The van der Waals surface area contributed by atoms with Crippen LogP contribution in [0.1, 0.15) is 6.42 Å². The molecule has 1 heterocycles. The van der Waals surface area contributed by atoms with Gasteiger partial charge in [-0.15, -0.1) is 12.6 Å². The lowest BCUT2D eigenvalue weighted by atomic mass is 10.2. The van der Waals surface area contributed by atoms with Gasteiger partial charge in [-0.1, -0.05) is 18.7 Å². The summed E-state index contributed by atoms with van der Waals surface area (Å²) >= 11 is 4.33. The molecule has 0 bridgehead atoms. The van der Waals surface area contributed by atoms with Crippen molar-refractivity contribution in [1.29, 1.82) is 0 Å². The first kappa shape index (κ1) is 8.40. The number of hydrogen-bond donors (Lipinski definition) is 1. The number of allylic oxidation sites excluding steroid dienone is 2. The molecule has 0 fully saturated rings. The quantitative estimate of drug-likeness (QED) is 0.490. The van der Waals surface area contributed by atoms with E-state index >= 15 is 0 Å². The van der Waals surface area contributed by atoms with Crippen molar-refractivity contribution in [3.8, 4) is 0 Å². The lowest BCUT2D eigenvalue weighted by Crippen LogP contribution is -2.22. The summed E-state index contributed by atoms with van der Waals surface area (Å²) in [5.74, 6) is 0. The molecule has 0 aromatic heterocycles. The van der Waals surface area contributed by atoms with Gasteiger partial charge in [0.1, 0.15) is 0 Å². The molecular formula is C8H12N2S. The molecule has 0 saturated carbocycles. The first-order valence-electron chi connectivity index (χ1n) is 3.52. The highest BCUT2D eigenvalue weighted by molar-refractivity contribution is 7.84. The SMILES string of the molecule is C=C/C=C(\S)C1CC=NN1C. The Morgan fingerprint density at radius 1 is 1.91 bits per heavy atom. The summed E-state index contributed by atoms with van der Waals surface area (Å²) in [6.07, 6.45) is 6.49. The third-order valence-corrected chi connectivity index (χ3v) is 2.12. The number of likely N-dealkylation sites (N-methyl/N-ethyl adjacent to an activating group) is 1. The second kappa shape index (κ2) is 3.62. The average Bonchev–Trinajstić information content (AvgIpc) is 2.36. The van der Waals surface area contributed by atoms with Gasteiger partial charge in [-0.3, -0.25) is 5.01 Å². The highest BCUT2D eigenvalue weighted by atomic mass is 32.1. The standard InChI is InChI=1S/C8H12N2S/c1-3-4-8(11)7-5-6-9-10(7)2/h3-4,6-7,11H,1,5H2,2H3/b8-4-. The molecule has 0 aromatic rings. The van der Waals surface area contributed by atoms with Crippen molar-refractivity contribution in [2.45, 2.75) is 12.5 Å². The normalized spacial score (nSPS) is 24.4. The van der Waals surface area contributed by atoms with Gasteiger partial charge in [0, 0.05) is 24.6 Å². The molecule has 60 valence electrons. The van der Waals surface area contributed by atoms with Gasteiger partial charge < -0.3 is 0 Å². The fraction of sp³-hybridized carbons (Fsp3) is 0.375. The van der Waals surface area contributed by atoms with Crippen LogP contribution in [0, 0.1) is 0 Å². The Hall–Kier alpha value is -0.700. The molecule has 1 unspecified atom stereocenters. The Balaban J connectivity index is 2.62. The zero-order chi connectivity index (χ0) is 8.27. The number of rotatable bonds is 2. The molecule has 2 nitrogen and oxygen atoms in total. The van der Waals surface area contributed by atoms with E-state index in [-0.39, 0.29) is 0 Å². The zero-order valence-electron chi connectivity index (χ0n) is 6.57. The first-order valence-corrected chi connectivity index (χ1v) is 3.97. The number of nitrogens with zero attached hydrogens (tertiary/aromatic N) is 2. The summed E-state index contributed by atoms with van der Waals surface area (Å²) in [6, 6.07) is 0.316. The number of thiol groups is 1. The second-order valence-electron chi connectivity index (χ2n) is 2.45. The lowest BCUT2D eigenvalue weighted by molar-refractivity contribution is 0.326. The van der Waals surface area contributed by atoms with Crippen molar-refractivity contribution in [1.82, 2.24) is 5.01 Å². The van der Waals surface area contributed by atoms with Gasteiger partial charge in [-0.05, 0) is 0 Å². The van der Waals surface area contributed by atoms with E-state index in [0.717, 1.165) is 11.3 Å². The largest absolute Gasteiger partial charge is 0.292 e. The summed E-state index contributed by atoms with van der Waals surface area (Å²) in [5, 5.41) is 6.01. The van der Waals surface area contributed by atoms with Gasteiger partial charge in [-0.2, -0.15) is 5.10 Å². The molecule has 0 saturated heterocycles. The van der Waals surface area contributed by atoms with Crippen LogP contribution in [-0.2, 0) is 0 Å². The van der Waals surface area contributed by atoms with Crippen LogP contribution < -0.4 is 0 Å². The maximum atomic E-state index is 4.33. The summed E-state index contributed by atoms with van der Waals surface area (Å²) in [4.78, 5) is 1.01.